The van der Waals surface area contributed by atoms with Crippen LogP contribution in [0.3, 0.4) is 0 Å². The molecule has 0 saturated carbocycles. The van der Waals surface area contributed by atoms with Crippen LogP contribution in [0.4, 0.5) is 5.13 Å². The van der Waals surface area contributed by atoms with Gasteiger partial charge in [-0.3, -0.25) is 14.5 Å². The number of benzene rings is 3. The summed E-state index contributed by atoms with van der Waals surface area (Å²) in [5.74, 6) is 0.152. The van der Waals surface area contributed by atoms with Crippen LogP contribution in [0, 0.1) is 0 Å². The summed E-state index contributed by atoms with van der Waals surface area (Å²) >= 11 is 8.93. The normalized spacial score (nSPS) is 17.2. The summed E-state index contributed by atoms with van der Waals surface area (Å²) in [4.78, 5) is 28.6. The van der Waals surface area contributed by atoms with Crippen LogP contribution >= 0.6 is 34.7 Å². The third-order valence-electron chi connectivity index (χ3n) is 7.11. The Bertz CT molecular complexity index is 1740. The van der Waals surface area contributed by atoms with Crippen LogP contribution in [-0.4, -0.2) is 46.8 Å². The number of ketones is 1. The molecular weight excluding hydrogens is 622 g/mol. The Balaban J connectivity index is 1.39. The number of nitrogens with zero attached hydrogens (tertiary/aromatic N) is 3. The van der Waals surface area contributed by atoms with E-state index >= 15 is 0 Å². The summed E-state index contributed by atoms with van der Waals surface area (Å²) in [5, 5.41) is 21.1. The van der Waals surface area contributed by atoms with E-state index in [4.69, 9.17) is 25.8 Å². The second-order valence-corrected chi connectivity index (χ2v) is 12.6. The number of aliphatic hydroxyl groups is 1. The smallest absolute Gasteiger partial charge is 0.301 e. The summed E-state index contributed by atoms with van der Waals surface area (Å²) in [6.07, 6.45) is 1.86. The molecule has 0 spiro atoms. The Morgan fingerprint density at radius 1 is 1.07 bits per heavy atom. The first kappa shape index (κ1) is 30.0. The highest BCUT2D eigenvalue weighted by Gasteiger charge is 2.48. The van der Waals surface area contributed by atoms with Crippen molar-refractivity contribution in [1.82, 2.24) is 10.2 Å². The molecule has 1 saturated heterocycles. The van der Waals surface area contributed by atoms with Gasteiger partial charge in [0.2, 0.25) is 5.13 Å². The molecule has 1 fully saturated rings. The highest BCUT2D eigenvalue weighted by atomic mass is 35.5. The molecule has 1 amide bonds. The van der Waals surface area contributed by atoms with Crippen LogP contribution < -0.4 is 19.1 Å². The lowest BCUT2D eigenvalue weighted by molar-refractivity contribution is -0.132. The van der Waals surface area contributed by atoms with Gasteiger partial charge in [0, 0.05) is 16.3 Å². The number of hydrogen-bond donors (Lipinski definition) is 1. The van der Waals surface area contributed by atoms with E-state index in [1.54, 1.807) is 36.4 Å². The Morgan fingerprint density at radius 3 is 2.70 bits per heavy atom. The number of hydrogen-bond acceptors (Lipinski definition) is 10. The molecule has 2 aliphatic heterocycles. The highest BCUT2D eigenvalue weighted by molar-refractivity contribution is 8.00. The van der Waals surface area contributed by atoms with Crippen LogP contribution in [0.25, 0.3) is 5.76 Å². The number of amides is 1. The van der Waals surface area contributed by atoms with Crippen LogP contribution in [0.1, 0.15) is 42.5 Å². The van der Waals surface area contributed by atoms with Gasteiger partial charge in [-0.25, -0.2) is 0 Å². The van der Waals surface area contributed by atoms with Crippen molar-refractivity contribution < 1.29 is 28.9 Å². The Hall–Kier alpha value is -4.06. The predicted octanol–water partition coefficient (Wildman–Crippen LogP) is 7.06. The molecule has 0 unspecified atom stereocenters. The van der Waals surface area contributed by atoms with Crippen LogP contribution in [0.5, 0.6) is 17.2 Å². The Labute approximate surface area is 267 Å². The minimum atomic E-state index is -0.979. The van der Waals surface area contributed by atoms with Crippen LogP contribution in [-0.2, 0) is 15.3 Å². The van der Waals surface area contributed by atoms with E-state index in [-0.39, 0.29) is 16.5 Å². The van der Waals surface area contributed by atoms with Crippen molar-refractivity contribution in [1.29, 1.82) is 0 Å². The first-order chi connectivity index (χ1) is 21.4. The fraction of sp³-hybridized carbons (Fsp3) is 0.250. The minimum absolute atomic E-state index is 0.0714. The summed E-state index contributed by atoms with van der Waals surface area (Å²) in [7, 11) is 0. The van der Waals surface area contributed by atoms with E-state index < -0.39 is 17.7 Å². The molecule has 0 bridgehead atoms. The van der Waals surface area contributed by atoms with Crippen molar-refractivity contribution in [3.63, 3.8) is 0 Å². The quantitative estimate of drug-likeness (QED) is 0.0482. The van der Waals surface area contributed by atoms with E-state index in [2.05, 4.69) is 17.1 Å². The van der Waals surface area contributed by atoms with Crippen molar-refractivity contribution in [3.8, 4) is 17.2 Å². The van der Waals surface area contributed by atoms with Gasteiger partial charge in [0.15, 0.2) is 15.8 Å². The van der Waals surface area contributed by atoms with Gasteiger partial charge >= 0.3 is 5.91 Å². The number of anilines is 1. The number of fused-ring (bicyclic) bond motifs is 1. The number of Topliss-reactive ketones (excluding diaryl/α,β-unsaturated/α-hetero) is 1. The second kappa shape index (κ2) is 13.3. The molecule has 2 aliphatic rings. The standard InChI is InChI=1S/C32H28ClN3O6S2/c1-2-3-13-40-22-9-6-8-19(16-22)27-26(28(37)20-11-12-24-25(17-20)42-15-14-41-24)29(38)30(39)36(27)31-34-35-32(44-31)43-18-21-7-4-5-10-23(21)33/h4-12,16-17,27,37H,2-3,13-15,18H2,1H3/b28-26+/t27-/m1/s1. The molecule has 12 heteroatoms. The molecule has 6 rings (SSSR count). The third-order valence-corrected chi connectivity index (χ3v) is 9.58. The molecule has 3 aromatic carbocycles. The fourth-order valence-electron chi connectivity index (χ4n) is 4.91. The lowest BCUT2D eigenvalue weighted by Gasteiger charge is -2.23. The maximum Gasteiger partial charge on any atom is 0.301 e. The number of ether oxygens (including phenoxy) is 3. The second-order valence-electron chi connectivity index (χ2n) is 10.0. The lowest BCUT2D eigenvalue weighted by atomic mass is 9.95. The molecule has 4 aromatic rings. The number of aromatic nitrogens is 2. The Kier molecular flexibility index (Phi) is 9.06. The lowest BCUT2D eigenvalue weighted by Crippen LogP contribution is -2.29. The van der Waals surface area contributed by atoms with E-state index in [0.717, 1.165) is 18.4 Å². The van der Waals surface area contributed by atoms with Crippen molar-refractivity contribution in [2.75, 3.05) is 24.7 Å². The monoisotopic (exact) mass is 649 g/mol. The molecule has 1 aromatic heterocycles. The van der Waals surface area contributed by atoms with E-state index in [9.17, 15) is 14.7 Å². The van der Waals surface area contributed by atoms with Crippen LogP contribution in [0.15, 0.2) is 76.6 Å². The van der Waals surface area contributed by atoms with Gasteiger partial charge in [-0.15, -0.1) is 10.2 Å². The molecule has 3 heterocycles. The average molecular weight is 650 g/mol. The number of rotatable bonds is 10. The molecule has 0 aliphatic carbocycles. The summed E-state index contributed by atoms with van der Waals surface area (Å²) in [5.41, 5.74) is 1.77. The maximum absolute atomic E-state index is 13.7. The van der Waals surface area contributed by atoms with Crippen molar-refractivity contribution in [2.24, 2.45) is 0 Å². The highest BCUT2D eigenvalue weighted by Crippen LogP contribution is 2.45. The predicted molar refractivity (Wildman–Crippen MR) is 170 cm³/mol. The van der Waals surface area contributed by atoms with Crippen molar-refractivity contribution in [2.45, 2.75) is 35.9 Å². The molecule has 0 radical (unpaired) electrons. The van der Waals surface area contributed by atoms with Gasteiger partial charge in [-0.1, -0.05) is 78.4 Å². The van der Waals surface area contributed by atoms with E-state index in [0.29, 0.717) is 63.3 Å². The fourth-order valence-corrected chi connectivity index (χ4v) is 7.07. The molecule has 226 valence electrons. The number of carbonyl (C=O) groups is 2. The first-order valence-electron chi connectivity index (χ1n) is 14.1. The summed E-state index contributed by atoms with van der Waals surface area (Å²) < 4.78 is 17.8. The topological polar surface area (TPSA) is 111 Å². The first-order valence-corrected chi connectivity index (χ1v) is 16.3. The maximum atomic E-state index is 13.7. The molecule has 9 nitrogen and oxygen atoms in total. The molecule has 1 atom stereocenters. The molecular formula is C32H28ClN3O6S2. The van der Waals surface area contributed by atoms with E-state index in [1.165, 1.54) is 28.0 Å². The zero-order valence-corrected chi connectivity index (χ0v) is 26.1. The number of aliphatic hydroxyl groups excluding tert-OH is 1. The minimum Gasteiger partial charge on any atom is -0.507 e. The molecule has 44 heavy (non-hydrogen) atoms. The third kappa shape index (κ3) is 6.12. The van der Waals surface area contributed by atoms with Crippen LogP contribution in [0.2, 0.25) is 5.02 Å². The number of carbonyl (C=O) groups excluding carboxylic acids is 2. The Morgan fingerprint density at radius 2 is 1.89 bits per heavy atom. The number of thioether (sulfide) groups is 1. The largest absolute Gasteiger partial charge is 0.507 e. The zero-order chi connectivity index (χ0) is 30.6. The zero-order valence-electron chi connectivity index (χ0n) is 23.7. The van der Waals surface area contributed by atoms with Gasteiger partial charge < -0.3 is 19.3 Å². The summed E-state index contributed by atoms with van der Waals surface area (Å²) in [6.45, 7) is 3.38. The van der Waals surface area contributed by atoms with Crippen molar-refractivity contribution in [3.05, 3.63) is 94.0 Å². The SMILES string of the molecule is CCCCOc1cccc([C@@H]2/C(=C(\O)c3ccc4c(c3)OCCO4)C(=O)C(=O)N2c2nnc(SCc3ccccc3Cl)s2)c1. The van der Waals surface area contributed by atoms with E-state index in [1.807, 2.05) is 30.3 Å². The van der Waals surface area contributed by atoms with Gasteiger partial charge in [0.05, 0.1) is 18.2 Å². The summed E-state index contributed by atoms with van der Waals surface area (Å²) in [6, 6.07) is 18.7. The molecule has 1 N–H and O–H groups in total. The van der Waals surface area contributed by atoms with Crippen molar-refractivity contribution >= 4 is 57.3 Å². The number of unbranched alkanes of at least 4 members (excludes halogenated alkanes) is 1. The van der Waals surface area contributed by atoms with Gasteiger partial charge in [0.25, 0.3) is 5.78 Å². The average Bonchev–Trinajstić information content (AvgIpc) is 3.62. The van der Waals surface area contributed by atoms with Gasteiger partial charge in [-0.05, 0) is 53.9 Å². The van der Waals surface area contributed by atoms with Gasteiger partial charge in [-0.2, -0.15) is 0 Å². The van der Waals surface area contributed by atoms with Gasteiger partial charge in [0.1, 0.15) is 24.7 Å². The number of halogens is 1.